The number of hydrogen-bond donors (Lipinski definition) is 0. The molecule has 6 heteroatoms. The van der Waals surface area contributed by atoms with Gasteiger partial charge in [-0.05, 0) is 5.56 Å². The number of rotatable bonds is 4. The van der Waals surface area contributed by atoms with Crippen LogP contribution >= 0.6 is 0 Å². The number of halogens is 3. The third-order valence-corrected chi connectivity index (χ3v) is 2.24. The molecule has 0 atom stereocenters. The zero-order valence-electron chi connectivity index (χ0n) is 9.71. The van der Waals surface area contributed by atoms with Gasteiger partial charge in [0.25, 0.3) is 0 Å². The topological polar surface area (TPSA) is 9.23 Å². The molecule has 0 aromatic heterocycles. The second-order valence-electron chi connectivity index (χ2n) is 3.95. The first-order valence-electron chi connectivity index (χ1n) is 4.70. The standard InChI is InChI=1S/C10H13BF3O.K/c1-10(2,11(12,13)14)15-8-9-6-4-3-5-7-9;/h3-7H,8H2,1-2H3;/q-1;+1. The van der Waals surface area contributed by atoms with Crippen LogP contribution in [0.5, 0.6) is 0 Å². The zero-order chi connectivity index (χ0) is 11.5. The monoisotopic (exact) mass is 256 g/mol. The quantitative estimate of drug-likeness (QED) is 0.707. The van der Waals surface area contributed by atoms with Gasteiger partial charge in [0.2, 0.25) is 0 Å². The van der Waals surface area contributed by atoms with Crippen molar-refractivity contribution in [2.45, 2.75) is 26.0 Å². The fraction of sp³-hybridized carbons (Fsp3) is 0.400. The zero-order valence-corrected chi connectivity index (χ0v) is 12.8. The van der Waals surface area contributed by atoms with Gasteiger partial charge in [0.1, 0.15) is 0 Å². The van der Waals surface area contributed by atoms with E-state index in [1.165, 1.54) is 0 Å². The Kier molecular flexibility index (Phi) is 6.84. The number of hydrogen-bond acceptors (Lipinski definition) is 1. The summed E-state index contributed by atoms with van der Waals surface area (Å²) in [7, 11) is 0. The molecule has 0 aliphatic carbocycles. The largest absolute Gasteiger partial charge is 1.00 e. The molecule has 0 fully saturated rings. The summed E-state index contributed by atoms with van der Waals surface area (Å²) in [4.78, 5) is 0. The molecule has 0 amide bonds. The first-order valence-corrected chi connectivity index (χ1v) is 4.70. The van der Waals surface area contributed by atoms with E-state index in [-0.39, 0.29) is 58.0 Å². The molecule has 1 aromatic carbocycles. The van der Waals surface area contributed by atoms with E-state index < -0.39 is 12.5 Å². The molecule has 0 saturated carbocycles. The van der Waals surface area contributed by atoms with Gasteiger partial charge in [-0.1, -0.05) is 44.2 Å². The van der Waals surface area contributed by atoms with Crippen LogP contribution in [0.4, 0.5) is 12.9 Å². The van der Waals surface area contributed by atoms with Crippen molar-refractivity contribution in [3.05, 3.63) is 35.9 Å². The maximum atomic E-state index is 12.5. The molecule has 0 radical (unpaired) electrons. The molecule has 16 heavy (non-hydrogen) atoms. The van der Waals surface area contributed by atoms with Crippen LogP contribution in [0.3, 0.4) is 0 Å². The number of benzene rings is 1. The predicted molar refractivity (Wildman–Crippen MR) is 54.4 cm³/mol. The molecule has 0 N–H and O–H groups in total. The van der Waals surface area contributed by atoms with Crippen LogP contribution in [0, 0.1) is 0 Å². The minimum Gasteiger partial charge on any atom is -0.447 e. The molecule has 1 nitrogen and oxygen atoms in total. The van der Waals surface area contributed by atoms with Gasteiger partial charge in [0.05, 0.1) is 6.61 Å². The van der Waals surface area contributed by atoms with Crippen molar-refractivity contribution in [1.29, 1.82) is 0 Å². The van der Waals surface area contributed by atoms with Crippen LogP contribution in [0.2, 0.25) is 0 Å². The summed E-state index contributed by atoms with van der Waals surface area (Å²) in [5, 5.41) is 0. The maximum Gasteiger partial charge on any atom is 1.00 e. The van der Waals surface area contributed by atoms with Crippen LogP contribution in [0.1, 0.15) is 19.4 Å². The van der Waals surface area contributed by atoms with E-state index in [1.54, 1.807) is 24.3 Å². The molecule has 84 valence electrons. The summed E-state index contributed by atoms with van der Waals surface area (Å²) in [5.41, 5.74) is -1.30. The van der Waals surface area contributed by atoms with Crippen LogP contribution < -0.4 is 51.4 Å². The summed E-state index contributed by atoms with van der Waals surface area (Å²) in [5.74, 6) is 0. The van der Waals surface area contributed by atoms with E-state index in [0.29, 0.717) is 0 Å². The van der Waals surface area contributed by atoms with Crippen molar-refractivity contribution in [2.24, 2.45) is 0 Å². The van der Waals surface area contributed by atoms with Crippen molar-refractivity contribution in [3.63, 3.8) is 0 Å². The van der Waals surface area contributed by atoms with Crippen molar-refractivity contribution in [1.82, 2.24) is 0 Å². The first kappa shape index (κ1) is 16.7. The molecule has 1 rings (SSSR count). The van der Waals surface area contributed by atoms with Gasteiger partial charge < -0.3 is 17.7 Å². The predicted octanol–water partition coefficient (Wildman–Crippen LogP) is 0.372. The molecule has 0 heterocycles. The van der Waals surface area contributed by atoms with Gasteiger partial charge in [0, 0.05) is 5.50 Å². The van der Waals surface area contributed by atoms with Gasteiger partial charge in [-0.15, -0.1) is 0 Å². The van der Waals surface area contributed by atoms with Crippen molar-refractivity contribution < 1.29 is 69.1 Å². The molecular weight excluding hydrogens is 243 g/mol. The van der Waals surface area contributed by atoms with E-state index in [1.807, 2.05) is 6.07 Å². The van der Waals surface area contributed by atoms with Crippen molar-refractivity contribution >= 4 is 6.98 Å². The molecule has 0 bridgehead atoms. The van der Waals surface area contributed by atoms with Gasteiger partial charge in [0.15, 0.2) is 0 Å². The Labute approximate surface area is 136 Å². The van der Waals surface area contributed by atoms with Crippen LogP contribution in [-0.4, -0.2) is 12.5 Å². The van der Waals surface area contributed by atoms with Crippen molar-refractivity contribution in [3.8, 4) is 0 Å². The third kappa shape index (κ3) is 4.89. The minimum atomic E-state index is -4.98. The number of ether oxygens (including phenoxy) is 1. The fourth-order valence-electron chi connectivity index (χ4n) is 0.938. The normalized spacial score (nSPS) is 12.1. The van der Waals surface area contributed by atoms with Gasteiger partial charge >= 0.3 is 58.4 Å². The molecule has 0 unspecified atom stereocenters. The molecular formula is C10H13BF3KO. The van der Waals surface area contributed by atoms with Crippen LogP contribution in [0.15, 0.2) is 30.3 Å². The third-order valence-electron chi connectivity index (χ3n) is 2.24. The average Bonchev–Trinajstić information content (AvgIpc) is 2.15. The first-order chi connectivity index (χ1) is 6.83. The fourth-order valence-corrected chi connectivity index (χ4v) is 0.938. The Balaban J connectivity index is 0.00000225. The Bertz CT molecular complexity index is 314. The summed E-state index contributed by atoms with van der Waals surface area (Å²) in [6.45, 7) is -2.90. The summed E-state index contributed by atoms with van der Waals surface area (Å²) in [6.07, 6.45) is 0. The molecule has 0 aliphatic heterocycles. The van der Waals surface area contributed by atoms with E-state index in [4.69, 9.17) is 4.74 Å². The molecule has 0 saturated heterocycles. The van der Waals surface area contributed by atoms with E-state index >= 15 is 0 Å². The Hall–Kier alpha value is 0.671. The second kappa shape index (κ2) is 6.56. The average molecular weight is 256 g/mol. The van der Waals surface area contributed by atoms with Gasteiger partial charge in [-0.25, -0.2) is 0 Å². The summed E-state index contributed by atoms with van der Waals surface area (Å²) in [6, 6.07) is 8.82. The SMILES string of the molecule is CC(C)(OCc1ccccc1)[B-](F)(F)F.[K+]. The maximum absolute atomic E-state index is 12.5. The summed E-state index contributed by atoms with van der Waals surface area (Å²) < 4.78 is 42.3. The molecule has 0 aliphatic rings. The molecule has 1 aromatic rings. The Morgan fingerprint density at radius 2 is 1.62 bits per heavy atom. The molecule has 0 spiro atoms. The minimum absolute atomic E-state index is 0. The van der Waals surface area contributed by atoms with Crippen molar-refractivity contribution in [2.75, 3.05) is 0 Å². The van der Waals surface area contributed by atoms with E-state index in [9.17, 15) is 12.9 Å². The summed E-state index contributed by atoms with van der Waals surface area (Å²) >= 11 is 0. The smallest absolute Gasteiger partial charge is 0.447 e. The van der Waals surface area contributed by atoms with E-state index in [0.717, 1.165) is 19.4 Å². The van der Waals surface area contributed by atoms with Crippen LogP contribution in [-0.2, 0) is 11.3 Å². The second-order valence-corrected chi connectivity index (χ2v) is 3.95. The van der Waals surface area contributed by atoms with Gasteiger partial charge in [-0.2, -0.15) is 0 Å². The van der Waals surface area contributed by atoms with Gasteiger partial charge in [-0.3, -0.25) is 0 Å². The Morgan fingerprint density at radius 1 is 1.12 bits per heavy atom. The van der Waals surface area contributed by atoms with E-state index in [2.05, 4.69) is 0 Å². The van der Waals surface area contributed by atoms with Crippen LogP contribution in [0.25, 0.3) is 0 Å². The Morgan fingerprint density at radius 3 is 2.06 bits per heavy atom.